The number of nitrogens with one attached hydrogen (secondary N) is 1. The van der Waals surface area contributed by atoms with E-state index in [0.717, 1.165) is 6.07 Å². The van der Waals surface area contributed by atoms with Gasteiger partial charge in [0.2, 0.25) is 5.43 Å². The van der Waals surface area contributed by atoms with E-state index in [4.69, 9.17) is 9.52 Å². The predicted molar refractivity (Wildman–Crippen MR) is 83.1 cm³/mol. The fourth-order valence-corrected chi connectivity index (χ4v) is 2.54. The Morgan fingerprint density at radius 1 is 1.17 bits per heavy atom. The number of carbonyl (C=O) groups is 1. The molecule has 0 atom stereocenters. The average Bonchev–Trinajstić information content (AvgIpc) is 2.53. The molecule has 7 nitrogen and oxygen atoms in total. The second-order valence-electron chi connectivity index (χ2n) is 5.01. The monoisotopic (exact) mass is 332 g/mol. The van der Waals surface area contributed by atoms with Crippen molar-refractivity contribution < 1.29 is 45.3 Å². The molecule has 0 fully saturated rings. The minimum absolute atomic E-state index is 0. The molecule has 114 valence electrons. The topological polar surface area (TPSA) is 113 Å². The van der Waals surface area contributed by atoms with Gasteiger partial charge in [-0.1, -0.05) is 12.1 Å². The Bertz CT molecular complexity index is 1200. The number of aromatic amines is 1. The zero-order valence-corrected chi connectivity index (χ0v) is 14.5. The van der Waals surface area contributed by atoms with Crippen LogP contribution >= 0.6 is 0 Å². The van der Waals surface area contributed by atoms with Crippen LogP contribution in [0.3, 0.4) is 0 Å². The minimum atomic E-state index is -1.32. The van der Waals surface area contributed by atoms with Gasteiger partial charge >= 0.3 is 35.5 Å². The molecule has 0 saturated heterocycles. The van der Waals surface area contributed by atoms with Gasteiger partial charge in [-0.2, -0.15) is 0 Å². The van der Waals surface area contributed by atoms with Crippen LogP contribution in [0.4, 0.5) is 0 Å². The van der Waals surface area contributed by atoms with E-state index in [9.17, 15) is 14.4 Å². The van der Waals surface area contributed by atoms with Gasteiger partial charge in [0.1, 0.15) is 22.4 Å². The number of nitrogens with zero attached hydrogens (tertiary/aromatic N) is 1. The van der Waals surface area contributed by atoms with Crippen LogP contribution in [0.2, 0.25) is 0 Å². The van der Waals surface area contributed by atoms with Crippen molar-refractivity contribution in [3.8, 4) is 11.5 Å². The summed E-state index contributed by atoms with van der Waals surface area (Å²) in [6, 6.07) is 9.08. The van der Waals surface area contributed by atoms with Crippen LogP contribution in [0.25, 0.3) is 33.5 Å². The number of aromatic nitrogens is 2. The Hall–Kier alpha value is -2.48. The number of benzene rings is 2. The van der Waals surface area contributed by atoms with E-state index in [-0.39, 0.29) is 59.0 Å². The third kappa shape index (κ3) is 2.43. The van der Waals surface area contributed by atoms with Gasteiger partial charge in [-0.3, -0.25) is 9.59 Å². The van der Waals surface area contributed by atoms with Gasteiger partial charge in [0, 0.05) is 12.1 Å². The Morgan fingerprint density at radius 3 is 2.67 bits per heavy atom. The van der Waals surface area contributed by atoms with Crippen LogP contribution in [0.1, 0.15) is 11.9 Å². The van der Waals surface area contributed by atoms with Crippen molar-refractivity contribution in [1.82, 2.24) is 9.97 Å². The van der Waals surface area contributed by atoms with Crippen molar-refractivity contribution in [2.45, 2.75) is 0 Å². The molecule has 0 spiro atoms. The molecule has 2 heterocycles. The van der Waals surface area contributed by atoms with Gasteiger partial charge < -0.3 is 15.9 Å². The predicted octanol–water partition coefficient (Wildman–Crippen LogP) is -1.05. The molecule has 0 saturated carbocycles. The summed E-state index contributed by atoms with van der Waals surface area (Å²) >= 11 is 0. The van der Waals surface area contributed by atoms with E-state index < -0.39 is 16.8 Å². The molecule has 0 amide bonds. The Morgan fingerprint density at radius 2 is 1.92 bits per heavy atom. The summed E-state index contributed by atoms with van der Waals surface area (Å²) < 4.78 is 5.64. The molecule has 2 aromatic rings. The third-order valence-corrected chi connectivity index (χ3v) is 3.56. The molecule has 24 heavy (non-hydrogen) atoms. The summed E-state index contributed by atoms with van der Waals surface area (Å²) in [6.07, 6.45) is 0. The number of carboxylic acids is 1. The summed E-state index contributed by atoms with van der Waals surface area (Å²) in [4.78, 5) is 42.4. The third-order valence-electron chi connectivity index (χ3n) is 3.56. The summed E-state index contributed by atoms with van der Waals surface area (Å²) in [5.41, 5.74) is -0.349. The number of para-hydroxylation sites is 2. The van der Waals surface area contributed by atoms with Crippen LogP contribution in [0.15, 0.2) is 50.4 Å². The fourth-order valence-electron chi connectivity index (χ4n) is 2.54. The van der Waals surface area contributed by atoms with E-state index in [1.54, 1.807) is 24.3 Å². The minimum Gasteiger partial charge on any atom is -1.00 e. The summed E-state index contributed by atoms with van der Waals surface area (Å²) in [6.45, 7) is 0. The SMILES string of the molecule is O=C(O)c1cc(=O)c2c3nc4ccccc4oc-3cc(=O)c2[nH]1.[H-].[Na+]. The molecule has 0 radical (unpaired) electrons. The number of aromatic carboxylic acids is 1. The first-order valence-corrected chi connectivity index (χ1v) is 6.67. The Kier molecular flexibility index (Phi) is 4.00. The Balaban J connectivity index is 0.00000113. The molecule has 1 aliphatic heterocycles. The number of pyridine rings is 1. The van der Waals surface area contributed by atoms with Crippen molar-refractivity contribution >= 4 is 28.0 Å². The molecular weight excluding hydrogens is 323 g/mol. The van der Waals surface area contributed by atoms with Gasteiger partial charge in [0.05, 0.1) is 5.39 Å². The summed E-state index contributed by atoms with van der Waals surface area (Å²) in [7, 11) is 0. The standard InChI is InChI=1S/C16H8N2O5.Na.H/c19-9-5-8(16(21)22)18-14-10(20)6-12-15(13(9)14)17-7-3-1-2-4-11(7)23-12;;/h1-6H,(H,18,19)(H,21,22);;/q;+1;-1. The van der Waals surface area contributed by atoms with Crippen LogP contribution in [0.5, 0.6) is 0 Å². The quantitative estimate of drug-likeness (QED) is 0.261. The molecule has 2 N–H and O–H groups in total. The van der Waals surface area contributed by atoms with Crippen molar-refractivity contribution in [2.75, 3.05) is 0 Å². The normalized spacial score (nSPS) is 10.8. The largest absolute Gasteiger partial charge is 1.00 e. The first kappa shape index (κ1) is 16.4. The maximum Gasteiger partial charge on any atom is 1.00 e. The van der Waals surface area contributed by atoms with E-state index >= 15 is 0 Å². The van der Waals surface area contributed by atoms with Crippen molar-refractivity contribution in [1.29, 1.82) is 0 Å². The van der Waals surface area contributed by atoms with Crippen LogP contribution in [-0.2, 0) is 0 Å². The number of H-pyrrole nitrogens is 1. The molecule has 0 unspecified atom stereocenters. The van der Waals surface area contributed by atoms with E-state index in [0.29, 0.717) is 11.1 Å². The summed E-state index contributed by atoms with van der Waals surface area (Å²) in [5.74, 6) is -1.14. The van der Waals surface area contributed by atoms with E-state index in [1.807, 2.05) is 0 Å². The van der Waals surface area contributed by atoms with Gasteiger partial charge in [-0.15, -0.1) is 0 Å². The first-order chi connectivity index (χ1) is 11.0. The van der Waals surface area contributed by atoms with Crippen molar-refractivity contribution in [2.24, 2.45) is 0 Å². The zero-order valence-electron chi connectivity index (χ0n) is 13.5. The van der Waals surface area contributed by atoms with Gasteiger partial charge in [-0.05, 0) is 12.1 Å². The molecular formula is C16H9N2NaO5. The maximum absolute atomic E-state index is 12.3. The van der Waals surface area contributed by atoms with E-state index in [1.165, 1.54) is 6.07 Å². The molecule has 8 heteroatoms. The van der Waals surface area contributed by atoms with Crippen molar-refractivity contribution in [3.63, 3.8) is 0 Å². The second kappa shape index (κ2) is 5.86. The van der Waals surface area contributed by atoms with Gasteiger partial charge in [0.15, 0.2) is 16.8 Å². The number of fused-ring (bicyclic) bond motifs is 4. The smallest absolute Gasteiger partial charge is 1.00 e. The average molecular weight is 332 g/mol. The molecule has 0 bridgehead atoms. The Labute approximate surface area is 157 Å². The molecule has 1 aromatic heterocycles. The van der Waals surface area contributed by atoms with Gasteiger partial charge in [-0.25, -0.2) is 9.78 Å². The second-order valence-corrected chi connectivity index (χ2v) is 5.01. The molecule has 2 aliphatic rings. The zero-order chi connectivity index (χ0) is 16.1. The maximum atomic E-state index is 12.3. The van der Waals surface area contributed by atoms with Gasteiger partial charge in [0.25, 0.3) is 0 Å². The molecule has 1 aromatic carbocycles. The number of rotatable bonds is 1. The molecule has 4 rings (SSSR count). The van der Waals surface area contributed by atoms with Crippen LogP contribution in [0, 0.1) is 0 Å². The van der Waals surface area contributed by atoms with Crippen LogP contribution < -0.4 is 40.4 Å². The number of carboxylic acid groups (broad SMARTS) is 1. The molecule has 1 aliphatic carbocycles. The van der Waals surface area contributed by atoms with Crippen LogP contribution in [-0.4, -0.2) is 21.0 Å². The number of hydrogen-bond donors (Lipinski definition) is 2. The first-order valence-electron chi connectivity index (χ1n) is 6.67. The number of hydrogen-bond acceptors (Lipinski definition) is 5. The van der Waals surface area contributed by atoms with E-state index in [2.05, 4.69) is 9.97 Å². The van der Waals surface area contributed by atoms with Crippen molar-refractivity contribution in [3.05, 3.63) is 62.5 Å². The fraction of sp³-hybridized carbons (Fsp3) is 0. The summed E-state index contributed by atoms with van der Waals surface area (Å²) in [5, 5.41) is 9.03.